The molecule has 1 aromatic carbocycles. The molecule has 0 radical (unpaired) electrons. The Morgan fingerprint density at radius 3 is 2.40 bits per heavy atom. The van der Waals surface area contributed by atoms with Crippen LogP contribution in [0.25, 0.3) is 11.0 Å². The van der Waals surface area contributed by atoms with Gasteiger partial charge < -0.3 is 30.6 Å². The summed E-state index contributed by atoms with van der Waals surface area (Å²) in [5, 5.41) is 31.9. The lowest BCUT2D eigenvalue weighted by atomic mass is 9.92. The van der Waals surface area contributed by atoms with Gasteiger partial charge in [0.15, 0.2) is 11.3 Å². The Morgan fingerprint density at radius 1 is 1.17 bits per heavy atom. The third kappa shape index (κ3) is 5.07. The Morgan fingerprint density at radius 2 is 1.83 bits per heavy atom. The number of hydrogen-bond donors (Lipinski definition) is 5. The second-order valence-corrected chi connectivity index (χ2v) is 9.91. The molecule has 1 aliphatic rings. The number of anilines is 1. The molecule has 1 aliphatic carbocycles. The average Bonchev–Trinajstić information content (AvgIpc) is 3.24. The normalized spacial score (nSPS) is 19.1. The minimum absolute atomic E-state index is 0.0628. The van der Waals surface area contributed by atoms with Gasteiger partial charge in [-0.25, -0.2) is 4.99 Å². The first kappa shape index (κ1) is 24.8. The SMILES string of the molecule is COc1cc(O)c(CNc2nc(=NC3CCC(N)CC3)n(C(C)C)c3c(C(C)C)[nH]nc23)c(O)c1. The van der Waals surface area contributed by atoms with Gasteiger partial charge in [0.2, 0.25) is 5.62 Å². The second-order valence-electron chi connectivity index (χ2n) is 9.91. The van der Waals surface area contributed by atoms with Crippen molar-refractivity contribution < 1.29 is 14.9 Å². The number of phenols is 2. The molecule has 2 heterocycles. The molecule has 10 heteroatoms. The molecule has 0 saturated heterocycles. The fourth-order valence-electron chi connectivity index (χ4n) is 4.65. The molecule has 190 valence electrons. The summed E-state index contributed by atoms with van der Waals surface area (Å²) in [7, 11) is 1.48. The fourth-order valence-corrected chi connectivity index (χ4v) is 4.65. The summed E-state index contributed by atoms with van der Waals surface area (Å²) in [6.07, 6.45) is 3.81. The number of aromatic amines is 1. The van der Waals surface area contributed by atoms with E-state index in [4.69, 9.17) is 20.4 Å². The number of hydrogen-bond acceptors (Lipinski definition) is 8. The lowest BCUT2D eigenvalue weighted by molar-refractivity contribution is 0.386. The summed E-state index contributed by atoms with van der Waals surface area (Å²) in [6, 6.07) is 3.47. The van der Waals surface area contributed by atoms with Crippen LogP contribution in [0.5, 0.6) is 17.2 Å². The third-order valence-electron chi connectivity index (χ3n) is 6.64. The zero-order valence-electron chi connectivity index (χ0n) is 21.2. The van der Waals surface area contributed by atoms with E-state index in [1.54, 1.807) is 0 Å². The monoisotopic (exact) mass is 483 g/mol. The highest BCUT2D eigenvalue weighted by molar-refractivity contribution is 5.87. The number of nitrogens with two attached hydrogens (primary N) is 1. The molecule has 6 N–H and O–H groups in total. The molecule has 3 aromatic rings. The van der Waals surface area contributed by atoms with E-state index in [2.05, 4.69) is 47.8 Å². The molecule has 0 unspecified atom stereocenters. The molecule has 0 spiro atoms. The number of nitrogens with one attached hydrogen (secondary N) is 2. The number of H-pyrrole nitrogens is 1. The maximum absolute atomic E-state index is 10.4. The van der Waals surface area contributed by atoms with Crippen molar-refractivity contribution in [1.82, 2.24) is 19.7 Å². The van der Waals surface area contributed by atoms with Crippen molar-refractivity contribution in [2.24, 2.45) is 10.7 Å². The zero-order valence-corrected chi connectivity index (χ0v) is 21.2. The molecule has 1 saturated carbocycles. The van der Waals surface area contributed by atoms with E-state index in [9.17, 15) is 10.2 Å². The van der Waals surface area contributed by atoms with E-state index in [1.807, 2.05) is 0 Å². The van der Waals surface area contributed by atoms with E-state index in [0.29, 0.717) is 28.3 Å². The fraction of sp³-hybridized carbons (Fsp3) is 0.560. The summed E-state index contributed by atoms with van der Waals surface area (Å²) in [6.45, 7) is 8.63. The van der Waals surface area contributed by atoms with Gasteiger partial charge >= 0.3 is 0 Å². The highest BCUT2D eigenvalue weighted by Crippen LogP contribution is 2.34. The van der Waals surface area contributed by atoms with Crippen molar-refractivity contribution in [2.75, 3.05) is 12.4 Å². The van der Waals surface area contributed by atoms with Gasteiger partial charge in [0.05, 0.1) is 29.9 Å². The van der Waals surface area contributed by atoms with Gasteiger partial charge in [-0.15, -0.1) is 0 Å². The quantitative estimate of drug-likeness (QED) is 0.344. The lowest BCUT2D eigenvalue weighted by Gasteiger charge is -2.24. The van der Waals surface area contributed by atoms with E-state index >= 15 is 0 Å². The Hall–Kier alpha value is -3.27. The molecule has 1 fully saturated rings. The lowest BCUT2D eigenvalue weighted by Crippen LogP contribution is -2.33. The number of nitrogens with zero attached hydrogens (tertiary/aromatic N) is 4. The molecular weight excluding hydrogens is 446 g/mol. The number of rotatable bonds is 7. The van der Waals surface area contributed by atoms with Crippen molar-refractivity contribution in [3.8, 4) is 17.2 Å². The highest BCUT2D eigenvalue weighted by Gasteiger charge is 2.23. The Bertz CT molecular complexity index is 1230. The second kappa shape index (κ2) is 10.2. The minimum atomic E-state index is -0.0628. The van der Waals surface area contributed by atoms with Gasteiger partial charge in [-0.1, -0.05) is 13.8 Å². The summed E-state index contributed by atoms with van der Waals surface area (Å²) in [4.78, 5) is 9.98. The van der Waals surface area contributed by atoms with Crippen LogP contribution >= 0.6 is 0 Å². The molecule has 4 rings (SSSR count). The predicted octanol–water partition coefficient (Wildman–Crippen LogP) is 3.67. The maximum atomic E-state index is 10.4. The average molecular weight is 484 g/mol. The molecule has 0 amide bonds. The maximum Gasteiger partial charge on any atom is 0.227 e. The molecule has 35 heavy (non-hydrogen) atoms. The standard InChI is InChI=1S/C25H37N7O3/c1-13(2)21-23-22(31-30-21)24(27-12-18-19(33)10-17(35-5)11-20(18)34)29-25(32(23)14(3)4)28-16-8-6-15(26)7-9-16/h10-11,13-16,33-34H,6-9,12,26H2,1-5H3,(H,30,31)(H,27,28,29). The van der Waals surface area contributed by atoms with Crippen LogP contribution in [0, 0.1) is 0 Å². The molecule has 0 atom stereocenters. The van der Waals surface area contributed by atoms with Crippen LogP contribution in [0.1, 0.15) is 76.6 Å². The first-order valence-corrected chi connectivity index (χ1v) is 12.3. The van der Waals surface area contributed by atoms with Crippen molar-refractivity contribution in [1.29, 1.82) is 0 Å². The number of benzene rings is 1. The Kier molecular flexibility index (Phi) is 7.20. The van der Waals surface area contributed by atoms with Crippen LogP contribution in [-0.2, 0) is 6.54 Å². The summed E-state index contributed by atoms with van der Waals surface area (Å²) in [5.74, 6) is 1.01. The molecule has 0 bridgehead atoms. The van der Waals surface area contributed by atoms with Gasteiger partial charge in [-0.3, -0.25) is 5.10 Å². The van der Waals surface area contributed by atoms with Crippen LogP contribution in [0.15, 0.2) is 17.1 Å². The number of ether oxygens (including phenoxy) is 1. The van der Waals surface area contributed by atoms with Gasteiger partial charge in [0, 0.05) is 30.8 Å². The number of methoxy groups -OCH3 is 1. The first-order valence-electron chi connectivity index (χ1n) is 12.3. The van der Waals surface area contributed by atoms with Gasteiger partial charge in [-0.2, -0.15) is 10.1 Å². The Balaban J connectivity index is 1.82. The number of fused-ring (bicyclic) bond motifs is 1. The zero-order chi connectivity index (χ0) is 25.3. The summed E-state index contributed by atoms with van der Waals surface area (Å²) in [5.41, 5.74) is 9.76. The smallest absolute Gasteiger partial charge is 0.227 e. The van der Waals surface area contributed by atoms with Crippen molar-refractivity contribution in [2.45, 2.75) is 84.0 Å². The highest BCUT2D eigenvalue weighted by atomic mass is 16.5. The van der Waals surface area contributed by atoms with E-state index in [1.165, 1.54) is 19.2 Å². The van der Waals surface area contributed by atoms with Crippen LogP contribution in [0.3, 0.4) is 0 Å². The first-order chi connectivity index (χ1) is 16.7. The van der Waals surface area contributed by atoms with Crippen LogP contribution in [0.2, 0.25) is 0 Å². The molecule has 10 nitrogen and oxygen atoms in total. The van der Waals surface area contributed by atoms with E-state index in [0.717, 1.165) is 36.9 Å². The summed E-state index contributed by atoms with van der Waals surface area (Å²) >= 11 is 0. The van der Waals surface area contributed by atoms with E-state index in [-0.39, 0.29) is 42.1 Å². The Labute approximate surface area is 205 Å². The van der Waals surface area contributed by atoms with Gasteiger partial charge in [0.25, 0.3) is 0 Å². The van der Waals surface area contributed by atoms with Crippen molar-refractivity contribution in [3.63, 3.8) is 0 Å². The van der Waals surface area contributed by atoms with Crippen LogP contribution < -0.4 is 21.4 Å². The summed E-state index contributed by atoms with van der Waals surface area (Å²) < 4.78 is 7.27. The number of phenolic OH excluding ortho intramolecular Hbond substituents is 2. The van der Waals surface area contributed by atoms with Gasteiger partial charge in [0.1, 0.15) is 17.2 Å². The molecular formula is C25H37N7O3. The topological polar surface area (TPSA) is 147 Å². The van der Waals surface area contributed by atoms with Crippen molar-refractivity contribution >= 4 is 16.9 Å². The predicted molar refractivity (Wildman–Crippen MR) is 136 cm³/mol. The van der Waals surface area contributed by atoms with E-state index < -0.39 is 0 Å². The number of aromatic hydroxyl groups is 2. The molecule has 0 aliphatic heterocycles. The third-order valence-corrected chi connectivity index (χ3v) is 6.64. The van der Waals surface area contributed by atoms with Crippen LogP contribution in [-0.4, -0.2) is 49.2 Å². The number of aromatic nitrogens is 4. The van der Waals surface area contributed by atoms with Crippen LogP contribution in [0.4, 0.5) is 5.82 Å². The largest absolute Gasteiger partial charge is 0.507 e. The molecule has 2 aromatic heterocycles. The van der Waals surface area contributed by atoms with Gasteiger partial charge in [-0.05, 0) is 45.4 Å². The van der Waals surface area contributed by atoms with Crippen molar-refractivity contribution in [3.05, 3.63) is 29.0 Å². The minimum Gasteiger partial charge on any atom is -0.507 e.